The van der Waals surface area contributed by atoms with Crippen LogP contribution in [0.2, 0.25) is 0 Å². The van der Waals surface area contributed by atoms with Crippen LogP contribution >= 0.6 is 0 Å². The maximum atomic E-state index is 11.0. The van der Waals surface area contributed by atoms with Gasteiger partial charge in [-0.05, 0) is 43.3 Å². The van der Waals surface area contributed by atoms with Crippen molar-refractivity contribution >= 4 is 15.9 Å². The van der Waals surface area contributed by atoms with E-state index in [1.165, 1.54) is 12.1 Å². The zero-order chi connectivity index (χ0) is 17.5. The number of carbonyl (C=O) groups is 1. The van der Waals surface area contributed by atoms with Gasteiger partial charge in [-0.15, -0.1) is 0 Å². The number of aryl methyl sites for hydroxylation is 1. The van der Waals surface area contributed by atoms with Crippen molar-refractivity contribution in [3.05, 3.63) is 59.7 Å². The van der Waals surface area contributed by atoms with Gasteiger partial charge in [0.1, 0.15) is 5.75 Å². The lowest BCUT2D eigenvalue weighted by molar-refractivity contribution is 0.100. The molecule has 0 radical (unpaired) electrons. The second-order valence-electron chi connectivity index (χ2n) is 4.64. The Kier molecular flexibility index (Phi) is 6.89. The van der Waals surface area contributed by atoms with E-state index in [1.54, 1.807) is 43.5 Å². The maximum Gasteiger partial charge on any atom is 0.294 e. The van der Waals surface area contributed by atoms with Gasteiger partial charge < -0.3 is 10.5 Å². The molecule has 2 aromatic rings. The predicted molar refractivity (Wildman–Crippen MR) is 87.4 cm³/mol. The fraction of sp³-hybridized carbons (Fsp3) is 0.188. The summed E-state index contributed by atoms with van der Waals surface area (Å²) in [6, 6.07) is 12.9. The third kappa shape index (κ3) is 6.19. The zero-order valence-corrected chi connectivity index (χ0v) is 13.7. The molecule has 2 rings (SSSR count). The lowest BCUT2D eigenvalue weighted by atomic mass is 10.1. The molecule has 3 N–H and O–H groups in total. The van der Waals surface area contributed by atoms with Crippen molar-refractivity contribution in [2.24, 2.45) is 5.73 Å². The van der Waals surface area contributed by atoms with Crippen LogP contribution in [-0.4, -0.2) is 32.4 Å². The Morgan fingerprint density at radius 2 is 1.61 bits per heavy atom. The van der Waals surface area contributed by atoms with Crippen LogP contribution in [-0.2, 0) is 10.1 Å². The van der Waals surface area contributed by atoms with Gasteiger partial charge in [0, 0.05) is 5.56 Å². The van der Waals surface area contributed by atoms with Crippen molar-refractivity contribution in [1.29, 1.82) is 0 Å². The summed E-state index contributed by atoms with van der Waals surface area (Å²) >= 11 is 0. The number of methoxy groups -OCH3 is 1. The number of carbonyl (C=O) groups excluding carboxylic acids is 1. The molecule has 0 aliphatic heterocycles. The van der Waals surface area contributed by atoms with Crippen LogP contribution in [0.25, 0.3) is 0 Å². The average Bonchev–Trinajstić information content (AvgIpc) is 2.54. The minimum absolute atomic E-state index is 0.0479. The Bertz CT molecular complexity index is 737. The molecular weight excluding hydrogens is 318 g/mol. The minimum atomic E-state index is -4.02. The summed E-state index contributed by atoms with van der Waals surface area (Å²) in [6.07, 6.45) is 0. The van der Waals surface area contributed by atoms with Gasteiger partial charge in [0.15, 0.2) is 5.78 Å². The van der Waals surface area contributed by atoms with Crippen molar-refractivity contribution in [2.75, 3.05) is 13.7 Å². The van der Waals surface area contributed by atoms with Crippen LogP contribution in [0.4, 0.5) is 0 Å². The van der Waals surface area contributed by atoms with E-state index in [1.807, 2.05) is 6.92 Å². The van der Waals surface area contributed by atoms with E-state index in [9.17, 15) is 13.2 Å². The van der Waals surface area contributed by atoms with Gasteiger partial charge in [0.05, 0.1) is 18.6 Å². The first-order valence-corrected chi connectivity index (χ1v) is 8.13. The molecule has 0 fully saturated rings. The van der Waals surface area contributed by atoms with Crippen LogP contribution in [0.5, 0.6) is 5.75 Å². The molecule has 6 nitrogen and oxygen atoms in total. The quantitative estimate of drug-likeness (QED) is 0.653. The highest BCUT2D eigenvalue weighted by Crippen LogP contribution is 2.11. The summed E-state index contributed by atoms with van der Waals surface area (Å²) in [4.78, 5) is 11.0. The maximum absolute atomic E-state index is 11.0. The Balaban J connectivity index is 0.000000231. The SMILES string of the molecule is COc1ccc(C(=O)CN)cc1.Cc1ccc(S(=O)(=O)O)cc1. The average molecular weight is 337 g/mol. The molecule has 124 valence electrons. The predicted octanol–water partition coefficient (Wildman–Crippen LogP) is 2.08. The normalized spacial score (nSPS) is 10.4. The highest BCUT2D eigenvalue weighted by molar-refractivity contribution is 7.85. The second-order valence-corrected chi connectivity index (χ2v) is 6.07. The number of ketones is 1. The monoisotopic (exact) mass is 337 g/mol. The number of hydrogen-bond acceptors (Lipinski definition) is 5. The highest BCUT2D eigenvalue weighted by atomic mass is 32.2. The number of nitrogens with two attached hydrogens (primary N) is 1. The molecule has 0 atom stereocenters. The lowest BCUT2D eigenvalue weighted by Gasteiger charge is -2.00. The molecule has 0 aliphatic rings. The third-order valence-corrected chi connectivity index (χ3v) is 3.78. The van der Waals surface area contributed by atoms with Gasteiger partial charge in [-0.1, -0.05) is 17.7 Å². The Labute approximate surface area is 135 Å². The van der Waals surface area contributed by atoms with Crippen LogP contribution in [0.3, 0.4) is 0 Å². The summed E-state index contributed by atoms with van der Waals surface area (Å²) in [5.41, 5.74) is 6.77. The Morgan fingerprint density at radius 1 is 1.09 bits per heavy atom. The first-order valence-electron chi connectivity index (χ1n) is 6.69. The molecule has 0 spiro atoms. The van der Waals surface area contributed by atoms with Crippen LogP contribution < -0.4 is 10.5 Å². The summed E-state index contributed by atoms with van der Waals surface area (Å²) < 4.78 is 34.5. The van der Waals surface area contributed by atoms with E-state index in [-0.39, 0.29) is 17.2 Å². The molecule has 0 saturated carbocycles. The Morgan fingerprint density at radius 3 is 2.00 bits per heavy atom. The molecular formula is C16H19NO5S. The van der Waals surface area contributed by atoms with E-state index in [2.05, 4.69) is 0 Å². The zero-order valence-electron chi connectivity index (χ0n) is 12.9. The second kappa shape index (κ2) is 8.42. The largest absolute Gasteiger partial charge is 0.497 e. The number of ether oxygens (including phenoxy) is 1. The van der Waals surface area contributed by atoms with Gasteiger partial charge in [-0.2, -0.15) is 8.42 Å². The van der Waals surface area contributed by atoms with Gasteiger partial charge in [-0.3, -0.25) is 9.35 Å². The van der Waals surface area contributed by atoms with Gasteiger partial charge in [0.2, 0.25) is 0 Å². The number of benzene rings is 2. The molecule has 0 amide bonds. The summed E-state index contributed by atoms with van der Waals surface area (Å²) in [5.74, 6) is 0.682. The summed E-state index contributed by atoms with van der Waals surface area (Å²) in [5, 5.41) is 0. The standard InChI is InChI=1S/C9H11NO2.C7H8O3S/c1-12-8-4-2-7(3-5-8)9(11)6-10;1-6-2-4-7(5-3-6)11(8,9)10/h2-5H,6,10H2,1H3;2-5H,1H3,(H,8,9,10). The van der Waals surface area contributed by atoms with Crippen LogP contribution in [0, 0.1) is 6.92 Å². The molecule has 0 aliphatic carbocycles. The number of rotatable bonds is 4. The van der Waals surface area contributed by atoms with Crippen LogP contribution in [0.1, 0.15) is 15.9 Å². The molecule has 0 saturated heterocycles. The molecule has 23 heavy (non-hydrogen) atoms. The fourth-order valence-corrected chi connectivity index (χ4v) is 2.09. The third-order valence-electron chi connectivity index (χ3n) is 2.92. The highest BCUT2D eigenvalue weighted by Gasteiger charge is 2.06. The summed E-state index contributed by atoms with van der Waals surface area (Å²) in [7, 11) is -2.44. The molecule has 7 heteroatoms. The Hall–Kier alpha value is -2.22. The molecule has 0 heterocycles. The van der Waals surface area contributed by atoms with Crippen molar-refractivity contribution in [1.82, 2.24) is 0 Å². The van der Waals surface area contributed by atoms with Crippen molar-refractivity contribution < 1.29 is 22.5 Å². The number of Topliss-reactive ketones (excluding diaryl/α,β-unsaturated/α-hetero) is 1. The van der Waals surface area contributed by atoms with E-state index in [0.717, 1.165) is 11.3 Å². The van der Waals surface area contributed by atoms with Gasteiger partial charge in [-0.25, -0.2) is 0 Å². The van der Waals surface area contributed by atoms with E-state index < -0.39 is 10.1 Å². The van der Waals surface area contributed by atoms with Gasteiger partial charge in [0.25, 0.3) is 10.1 Å². The van der Waals surface area contributed by atoms with Crippen molar-refractivity contribution in [3.63, 3.8) is 0 Å². The molecule has 0 unspecified atom stereocenters. The smallest absolute Gasteiger partial charge is 0.294 e. The molecule has 2 aromatic carbocycles. The fourth-order valence-electron chi connectivity index (χ4n) is 1.61. The topological polar surface area (TPSA) is 107 Å². The lowest BCUT2D eigenvalue weighted by Crippen LogP contribution is -2.13. The first-order chi connectivity index (χ1) is 10.8. The van der Waals surface area contributed by atoms with E-state index in [0.29, 0.717) is 5.56 Å². The minimum Gasteiger partial charge on any atom is -0.497 e. The first kappa shape index (κ1) is 18.8. The van der Waals surface area contributed by atoms with Gasteiger partial charge >= 0.3 is 0 Å². The van der Waals surface area contributed by atoms with E-state index >= 15 is 0 Å². The number of hydrogen-bond donors (Lipinski definition) is 2. The van der Waals surface area contributed by atoms with Crippen molar-refractivity contribution in [2.45, 2.75) is 11.8 Å². The molecule has 0 bridgehead atoms. The van der Waals surface area contributed by atoms with Crippen LogP contribution in [0.15, 0.2) is 53.4 Å². The summed E-state index contributed by atoms with van der Waals surface area (Å²) in [6.45, 7) is 1.89. The van der Waals surface area contributed by atoms with E-state index in [4.69, 9.17) is 15.0 Å². The molecule has 0 aromatic heterocycles. The van der Waals surface area contributed by atoms with Crippen molar-refractivity contribution in [3.8, 4) is 5.75 Å².